The summed E-state index contributed by atoms with van der Waals surface area (Å²) < 4.78 is 0. The molecule has 0 aliphatic carbocycles. The summed E-state index contributed by atoms with van der Waals surface area (Å²) in [5.74, 6) is -1.94. The van der Waals surface area contributed by atoms with Crippen LogP contribution in [0.2, 0.25) is 0 Å². The number of aromatic carboxylic acids is 1. The fourth-order valence-electron chi connectivity index (χ4n) is 1.98. The second kappa shape index (κ2) is 6.67. The summed E-state index contributed by atoms with van der Waals surface area (Å²) in [4.78, 5) is 22.1. The van der Waals surface area contributed by atoms with Gasteiger partial charge >= 0.3 is 11.9 Å². The minimum Gasteiger partial charge on any atom is -0.480 e. The van der Waals surface area contributed by atoms with Gasteiger partial charge < -0.3 is 10.2 Å². The fourth-order valence-corrected chi connectivity index (χ4v) is 1.98. The van der Waals surface area contributed by atoms with Crippen LogP contribution in [-0.2, 0) is 11.3 Å². The van der Waals surface area contributed by atoms with Crippen LogP contribution >= 0.6 is 0 Å². The van der Waals surface area contributed by atoms with Crippen molar-refractivity contribution < 1.29 is 19.8 Å². The van der Waals surface area contributed by atoms with Crippen molar-refractivity contribution in [2.45, 2.75) is 12.6 Å². The number of rotatable bonds is 6. The maximum atomic E-state index is 11.3. The zero-order valence-electron chi connectivity index (χ0n) is 11.2. The van der Waals surface area contributed by atoms with Gasteiger partial charge in [0.05, 0.1) is 5.56 Å². The summed E-state index contributed by atoms with van der Waals surface area (Å²) in [7, 11) is 0. The van der Waals surface area contributed by atoms with Gasteiger partial charge in [-0.3, -0.25) is 10.1 Å². The van der Waals surface area contributed by atoms with Crippen molar-refractivity contribution >= 4 is 11.9 Å². The van der Waals surface area contributed by atoms with Crippen LogP contribution in [0.15, 0.2) is 54.6 Å². The number of benzene rings is 2. The van der Waals surface area contributed by atoms with Gasteiger partial charge in [-0.05, 0) is 23.3 Å². The van der Waals surface area contributed by atoms with Crippen molar-refractivity contribution in [3.8, 4) is 0 Å². The van der Waals surface area contributed by atoms with Gasteiger partial charge in [0.25, 0.3) is 0 Å². The Morgan fingerprint density at radius 2 is 1.57 bits per heavy atom. The number of carboxylic acid groups (broad SMARTS) is 2. The lowest BCUT2D eigenvalue weighted by molar-refractivity contribution is -0.139. The van der Waals surface area contributed by atoms with Crippen molar-refractivity contribution in [3.63, 3.8) is 0 Å². The number of aliphatic carboxylic acids is 1. The highest BCUT2D eigenvalue weighted by molar-refractivity contribution is 5.87. The van der Waals surface area contributed by atoms with E-state index in [4.69, 9.17) is 5.11 Å². The molecular weight excluding hydrogens is 270 g/mol. The Labute approximate surface area is 121 Å². The molecule has 108 valence electrons. The molecule has 21 heavy (non-hydrogen) atoms. The Balaban J connectivity index is 2.05. The Morgan fingerprint density at radius 3 is 2.10 bits per heavy atom. The topological polar surface area (TPSA) is 86.6 Å². The van der Waals surface area contributed by atoms with Crippen LogP contribution in [0.3, 0.4) is 0 Å². The van der Waals surface area contributed by atoms with E-state index < -0.39 is 18.0 Å². The van der Waals surface area contributed by atoms with E-state index in [0.717, 1.165) is 5.56 Å². The Hall–Kier alpha value is -2.66. The zero-order valence-corrected chi connectivity index (χ0v) is 11.2. The Kier molecular flexibility index (Phi) is 4.68. The van der Waals surface area contributed by atoms with E-state index in [1.54, 1.807) is 36.4 Å². The van der Waals surface area contributed by atoms with Gasteiger partial charge in [-0.25, -0.2) is 4.79 Å². The molecule has 2 aromatic carbocycles. The van der Waals surface area contributed by atoms with Crippen LogP contribution in [0.4, 0.5) is 0 Å². The number of nitrogens with one attached hydrogen (secondary N) is 1. The van der Waals surface area contributed by atoms with Gasteiger partial charge in [0, 0.05) is 6.54 Å². The second-order valence-corrected chi connectivity index (χ2v) is 4.56. The molecule has 0 bridgehead atoms. The molecule has 0 saturated carbocycles. The molecule has 0 heterocycles. The smallest absolute Gasteiger partial charge is 0.335 e. The molecule has 1 unspecified atom stereocenters. The van der Waals surface area contributed by atoms with E-state index in [1.807, 2.05) is 6.07 Å². The summed E-state index contributed by atoms with van der Waals surface area (Å²) >= 11 is 0. The molecule has 1 atom stereocenters. The molecule has 2 aromatic rings. The molecule has 0 aromatic heterocycles. The lowest BCUT2D eigenvalue weighted by atomic mass is 10.1. The maximum Gasteiger partial charge on any atom is 0.335 e. The number of hydrogen-bond acceptors (Lipinski definition) is 3. The van der Waals surface area contributed by atoms with Crippen LogP contribution in [0.25, 0.3) is 0 Å². The molecule has 0 saturated heterocycles. The normalized spacial score (nSPS) is 11.8. The first-order valence-corrected chi connectivity index (χ1v) is 6.41. The second-order valence-electron chi connectivity index (χ2n) is 4.56. The summed E-state index contributed by atoms with van der Waals surface area (Å²) in [6.07, 6.45) is 0. The van der Waals surface area contributed by atoms with E-state index in [9.17, 15) is 14.7 Å². The van der Waals surface area contributed by atoms with Crippen molar-refractivity contribution in [3.05, 3.63) is 71.3 Å². The number of carboxylic acids is 2. The van der Waals surface area contributed by atoms with E-state index in [0.29, 0.717) is 12.1 Å². The average Bonchev–Trinajstić information content (AvgIpc) is 2.48. The first-order chi connectivity index (χ1) is 10.1. The SMILES string of the molecule is O=C(O)c1ccc(CNC(C(=O)O)c2ccccc2)cc1. The predicted octanol–water partition coefficient (Wildman–Crippen LogP) is 2.30. The minimum absolute atomic E-state index is 0.205. The van der Waals surface area contributed by atoms with E-state index in [-0.39, 0.29) is 5.56 Å². The summed E-state index contributed by atoms with van der Waals surface area (Å²) in [5.41, 5.74) is 1.70. The first-order valence-electron chi connectivity index (χ1n) is 6.41. The Morgan fingerprint density at radius 1 is 0.952 bits per heavy atom. The third-order valence-corrected chi connectivity index (χ3v) is 3.09. The van der Waals surface area contributed by atoms with Crippen molar-refractivity contribution in [2.75, 3.05) is 0 Å². The van der Waals surface area contributed by atoms with Crippen LogP contribution in [0.5, 0.6) is 0 Å². The molecule has 2 rings (SSSR count). The maximum absolute atomic E-state index is 11.3. The molecule has 5 heteroatoms. The summed E-state index contributed by atoms with van der Waals surface area (Å²) in [5, 5.41) is 21.1. The third kappa shape index (κ3) is 3.90. The molecule has 0 radical (unpaired) electrons. The lowest BCUT2D eigenvalue weighted by Gasteiger charge is -2.15. The number of hydrogen-bond donors (Lipinski definition) is 3. The van der Waals surface area contributed by atoms with Crippen molar-refractivity contribution in [2.24, 2.45) is 0 Å². The van der Waals surface area contributed by atoms with Crippen LogP contribution in [0, 0.1) is 0 Å². The zero-order chi connectivity index (χ0) is 15.2. The van der Waals surface area contributed by atoms with Crippen molar-refractivity contribution in [1.82, 2.24) is 5.32 Å². The standard InChI is InChI=1S/C16H15NO4/c18-15(19)13-8-6-11(7-9-13)10-17-14(16(20)21)12-4-2-1-3-5-12/h1-9,14,17H,10H2,(H,18,19)(H,20,21). The van der Waals surface area contributed by atoms with Gasteiger partial charge in [-0.15, -0.1) is 0 Å². The van der Waals surface area contributed by atoms with E-state index in [2.05, 4.69) is 5.32 Å². The predicted molar refractivity (Wildman–Crippen MR) is 77.1 cm³/mol. The van der Waals surface area contributed by atoms with Gasteiger partial charge in [0.2, 0.25) is 0 Å². The number of carbonyl (C=O) groups is 2. The highest BCUT2D eigenvalue weighted by atomic mass is 16.4. The highest BCUT2D eigenvalue weighted by Gasteiger charge is 2.18. The molecule has 0 spiro atoms. The summed E-state index contributed by atoms with van der Waals surface area (Å²) in [6, 6.07) is 14.4. The lowest BCUT2D eigenvalue weighted by Crippen LogP contribution is -2.28. The van der Waals surface area contributed by atoms with E-state index in [1.165, 1.54) is 12.1 Å². The van der Waals surface area contributed by atoms with Crippen LogP contribution in [-0.4, -0.2) is 22.2 Å². The van der Waals surface area contributed by atoms with Crippen LogP contribution < -0.4 is 5.32 Å². The Bertz CT molecular complexity index is 622. The van der Waals surface area contributed by atoms with E-state index >= 15 is 0 Å². The molecule has 3 N–H and O–H groups in total. The minimum atomic E-state index is -0.984. The van der Waals surface area contributed by atoms with Gasteiger partial charge in [0.15, 0.2) is 0 Å². The van der Waals surface area contributed by atoms with Crippen LogP contribution in [0.1, 0.15) is 27.5 Å². The van der Waals surface area contributed by atoms with Gasteiger partial charge in [-0.2, -0.15) is 0 Å². The highest BCUT2D eigenvalue weighted by Crippen LogP contribution is 2.14. The largest absolute Gasteiger partial charge is 0.480 e. The molecule has 5 nitrogen and oxygen atoms in total. The molecule has 0 aliphatic heterocycles. The quantitative estimate of drug-likeness (QED) is 0.758. The first kappa shape index (κ1) is 14.7. The van der Waals surface area contributed by atoms with Gasteiger partial charge in [-0.1, -0.05) is 42.5 Å². The monoisotopic (exact) mass is 285 g/mol. The molecular formula is C16H15NO4. The van der Waals surface area contributed by atoms with Gasteiger partial charge in [0.1, 0.15) is 6.04 Å². The fraction of sp³-hybridized carbons (Fsp3) is 0.125. The molecule has 0 fully saturated rings. The average molecular weight is 285 g/mol. The molecule has 0 amide bonds. The summed E-state index contributed by atoms with van der Waals surface area (Å²) in [6.45, 7) is 0.339. The molecule has 0 aliphatic rings. The third-order valence-electron chi connectivity index (χ3n) is 3.09. The van der Waals surface area contributed by atoms with Crippen molar-refractivity contribution in [1.29, 1.82) is 0 Å².